The predicted octanol–water partition coefficient (Wildman–Crippen LogP) is 4.01. The van der Waals surface area contributed by atoms with E-state index in [1.165, 1.54) is 0 Å². The number of benzene rings is 2. The summed E-state index contributed by atoms with van der Waals surface area (Å²) in [6.07, 6.45) is 0. The number of amides is 1. The molecule has 2 rings (SSSR count). The Morgan fingerprint density at radius 1 is 1.20 bits per heavy atom. The number of rotatable bonds is 4. The van der Waals surface area contributed by atoms with Crippen LogP contribution in [0.25, 0.3) is 0 Å². The van der Waals surface area contributed by atoms with Crippen LogP contribution in [0.15, 0.2) is 36.4 Å². The Labute approximate surface area is 127 Å². The molecule has 0 aliphatic carbocycles. The minimum Gasteiger partial charge on any atom is -0.380 e. The second-order valence-electron chi connectivity index (χ2n) is 4.48. The number of hydrogen-bond donors (Lipinski definition) is 2. The van der Waals surface area contributed by atoms with Crippen molar-refractivity contribution >= 4 is 34.8 Å². The minimum atomic E-state index is -0.425. The summed E-state index contributed by atoms with van der Waals surface area (Å²) in [6, 6.07) is 10.6. The summed E-state index contributed by atoms with van der Waals surface area (Å²) in [5.41, 5.74) is 8.58. The first kappa shape index (κ1) is 14.7. The van der Waals surface area contributed by atoms with Gasteiger partial charge in [0.1, 0.15) is 0 Å². The van der Waals surface area contributed by atoms with Gasteiger partial charge in [-0.1, -0.05) is 29.3 Å². The van der Waals surface area contributed by atoms with Crippen LogP contribution in [0.5, 0.6) is 0 Å². The Morgan fingerprint density at radius 3 is 2.60 bits per heavy atom. The normalized spacial score (nSPS) is 10.3. The summed E-state index contributed by atoms with van der Waals surface area (Å²) in [4.78, 5) is 11.1. The van der Waals surface area contributed by atoms with Crippen molar-refractivity contribution < 1.29 is 4.79 Å². The van der Waals surface area contributed by atoms with Gasteiger partial charge in [-0.05, 0) is 48.4 Å². The van der Waals surface area contributed by atoms with Crippen LogP contribution in [0.2, 0.25) is 10.0 Å². The van der Waals surface area contributed by atoms with Crippen LogP contribution in [0.1, 0.15) is 21.5 Å². The van der Waals surface area contributed by atoms with Gasteiger partial charge in [-0.25, -0.2) is 0 Å². The quantitative estimate of drug-likeness (QED) is 0.896. The third kappa shape index (κ3) is 3.44. The summed E-state index contributed by atoms with van der Waals surface area (Å²) >= 11 is 12.0. The number of aryl methyl sites for hydroxylation is 1. The minimum absolute atomic E-state index is 0.425. The largest absolute Gasteiger partial charge is 0.380 e. The molecular weight excluding hydrogens is 295 g/mol. The van der Waals surface area contributed by atoms with Gasteiger partial charge in [0.05, 0.1) is 10.7 Å². The summed E-state index contributed by atoms with van der Waals surface area (Å²) in [7, 11) is 0. The zero-order chi connectivity index (χ0) is 14.7. The molecule has 0 heterocycles. The van der Waals surface area contributed by atoms with Crippen molar-refractivity contribution in [3.8, 4) is 0 Å². The van der Waals surface area contributed by atoms with Crippen molar-refractivity contribution in [2.75, 3.05) is 5.32 Å². The molecule has 2 aromatic rings. The Morgan fingerprint density at radius 2 is 1.95 bits per heavy atom. The van der Waals surface area contributed by atoms with Gasteiger partial charge in [-0.2, -0.15) is 0 Å². The van der Waals surface area contributed by atoms with Crippen LogP contribution in [-0.2, 0) is 6.54 Å². The van der Waals surface area contributed by atoms with Crippen LogP contribution < -0.4 is 11.1 Å². The summed E-state index contributed by atoms with van der Waals surface area (Å²) < 4.78 is 0. The van der Waals surface area contributed by atoms with E-state index in [2.05, 4.69) is 5.32 Å². The van der Waals surface area contributed by atoms with E-state index in [4.69, 9.17) is 28.9 Å². The van der Waals surface area contributed by atoms with Crippen LogP contribution in [0.4, 0.5) is 5.69 Å². The van der Waals surface area contributed by atoms with E-state index in [0.717, 1.165) is 16.8 Å². The van der Waals surface area contributed by atoms with Crippen molar-refractivity contribution in [3.05, 3.63) is 63.1 Å². The van der Waals surface area contributed by atoms with E-state index in [0.29, 0.717) is 22.2 Å². The lowest BCUT2D eigenvalue weighted by atomic mass is 10.0. The fourth-order valence-corrected chi connectivity index (χ4v) is 2.23. The number of hydrogen-bond acceptors (Lipinski definition) is 2. The number of nitrogens with two attached hydrogens (primary N) is 1. The molecule has 0 aromatic heterocycles. The maximum atomic E-state index is 11.1. The average Bonchev–Trinajstić information content (AvgIpc) is 2.40. The molecule has 0 fully saturated rings. The van der Waals surface area contributed by atoms with Gasteiger partial charge in [0.25, 0.3) is 0 Å². The van der Waals surface area contributed by atoms with Crippen LogP contribution in [-0.4, -0.2) is 5.91 Å². The fourth-order valence-electron chi connectivity index (χ4n) is 1.87. The molecule has 5 heteroatoms. The molecule has 0 atom stereocenters. The molecule has 0 saturated heterocycles. The van der Waals surface area contributed by atoms with Gasteiger partial charge in [0.15, 0.2) is 0 Å². The average molecular weight is 309 g/mol. The first-order valence-corrected chi connectivity index (χ1v) is 6.81. The molecule has 0 saturated carbocycles. The first-order chi connectivity index (χ1) is 9.47. The molecule has 3 N–H and O–H groups in total. The smallest absolute Gasteiger partial charge is 0.248 e. The number of carbonyl (C=O) groups is 1. The van der Waals surface area contributed by atoms with E-state index in [9.17, 15) is 4.79 Å². The van der Waals surface area contributed by atoms with Gasteiger partial charge >= 0.3 is 0 Å². The van der Waals surface area contributed by atoms with E-state index in [1.807, 2.05) is 13.0 Å². The highest BCUT2D eigenvalue weighted by molar-refractivity contribution is 6.35. The molecule has 3 nitrogen and oxygen atoms in total. The number of nitrogens with one attached hydrogen (secondary N) is 1. The molecule has 1 amide bonds. The van der Waals surface area contributed by atoms with E-state index in [1.54, 1.807) is 30.3 Å². The van der Waals surface area contributed by atoms with Crippen molar-refractivity contribution in [2.45, 2.75) is 13.5 Å². The molecule has 20 heavy (non-hydrogen) atoms. The Kier molecular flexibility index (Phi) is 4.53. The fraction of sp³-hybridized carbons (Fsp3) is 0.133. The van der Waals surface area contributed by atoms with Gasteiger partial charge < -0.3 is 11.1 Å². The second kappa shape index (κ2) is 6.16. The number of halogens is 2. The summed E-state index contributed by atoms with van der Waals surface area (Å²) in [6.45, 7) is 2.52. The summed E-state index contributed by atoms with van der Waals surface area (Å²) in [5, 5.41) is 4.46. The maximum absolute atomic E-state index is 11.1. The van der Waals surface area contributed by atoms with Crippen molar-refractivity contribution in [1.82, 2.24) is 0 Å². The van der Waals surface area contributed by atoms with E-state index in [-0.39, 0.29) is 0 Å². The van der Waals surface area contributed by atoms with Gasteiger partial charge in [-0.3, -0.25) is 4.79 Å². The van der Waals surface area contributed by atoms with Gasteiger partial charge in [0.2, 0.25) is 5.91 Å². The molecular formula is C15H14Cl2N2O. The lowest BCUT2D eigenvalue weighted by Gasteiger charge is -2.11. The zero-order valence-corrected chi connectivity index (χ0v) is 12.4. The standard InChI is InChI=1S/C15H14Cl2N2O/c1-9-6-10(15(18)20)2-3-11(9)8-19-14-7-12(16)4-5-13(14)17/h2-7,19H,8H2,1H3,(H2,18,20). The van der Waals surface area contributed by atoms with Crippen molar-refractivity contribution in [2.24, 2.45) is 5.73 Å². The number of carbonyl (C=O) groups excluding carboxylic acids is 1. The van der Waals surface area contributed by atoms with Crippen LogP contribution in [0, 0.1) is 6.92 Å². The highest BCUT2D eigenvalue weighted by atomic mass is 35.5. The SMILES string of the molecule is Cc1cc(C(N)=O)ccc1CNc1cc(Cl)ccc1Cl. The molecule has 0 radical (unpaired) electrons. The Hall–Kier alpha value is -1.71. The van der Waals surface area contributed by atoms with Crippen molar-refractivity contribution in [1.29, 1.82) is 0 Å². The first-order valence-electron chi connectivity index (χ1n) is 6.05. The third-order valence-electron chi connectivity index (χ3n) is 3.02. The van der Waals surface area contributed by atoms with Crippen molar-refractivity contribution in [3.63, 3.8) is 0 Å². The second-order valence-corrected chi connectivity index (χ2v) is 5.33. The molecule has 0 spiro atoms. The molecule has 0 aliphatic heterocycles. The van der Waals surface area contributed by atoms with E-state index >= 15 is 0 Å². The lowest BCUT2D eigenvalue weighted by molar-refractivity contribution is 0.1000. The monoisotopic (exact) mass is 308 g/mol. The number of primary amides is 1. The van der Waals surface area contributed by atoms with Crippen LogP contribution in [0.3, 0.4) is 0 Å². The molecule has 0 aliphatic rings. The molecule has 0 unspecified atom stereocenters. The third-order valence-corrected chi connectivity index (χ3v) is 3.59. The topological polar surface area (TPSA) is 55.1 Å². The number of anilines is 1. The Bertz CT molecular complexity index is 656. The molecule has 2 aromatic carbocycles. The molecule has 104 valence electrons. The summed E-state index contributed by atoms with van der Waals surface area (Å²) in [5.74, 6) is -0.425. The van der Waals surface area contributed by atoms with Gasteiger partial charge in [0, 0.05) is 17.1 Å². The highest BCUT2D eigenvalue weighted by Crippen LogP contribution is 2.26. The van der Waals surface area contributed by atoms with Gasteiger partial charge in [-0.15, -0.1) is 0 Å². The Balaban J connectivity index is 2.15. The predicted molar refractivity (Wildman–Crippen MR) is 83.5 cm³/mol. The van der Waals surface area contributed by atoms with E-state index < -0.39 is 5.91 Å². The molecule has 0 bridgehead atoms. The zero-order valence-electron chi connectivity index (χ0n) is 10.9. The highest BCUT2D eigenvalue weighted by Gasteiger charge is 2.06. The van der Waals surface area contributed by atoms with Crippen LogP contribution >= 0.6 is 23.2 Å². The lowest BCUT2D eigenvalue weighted by Crippen LogP contribution is -2.11. The maximum Gasteiger partial charge on any atom is 0.248 e.